The second-order valence-electron chi connectivity index (χ2n) is 10.5. The van der Waals surface area contributed by atoms with Gasteiger partial charge in [-0.25, -0.2) is 4.68 Å². The molecule has 4 aromatic carbocycles. The molecule has 0 aliphatic carbocycles. The largest absolute Gasteiger partial charge is 0.454 e. The van der Waals surface area contributed by atoms with Gasteiger partial charge < -0.3 is 19.7 Å². The molecule has 0 saturated heterocycles. The number of benzene rings is 4. The Labute approximate surface area is 243 Å². The Bertz CT molecular complexity index is 1720. The average Bonchev–Trinajstić information content (AvgIpc) is 3.64. The molecule has 0 bridgehead atoms. The predicted molar refractivity (Wildman–Crippen MR) is 159 cm³/mol. The lowest BCUT2D eigenvalue weighted by Crippen LogP contribution is -2.42. The molecule has 9 heteroatoms. The van der Waals surface area contributed by atoms with E-state index >= 15 is 0 Å². The van der Waals surface area contributed by atoms with Crippen LogP contribution >= 0.6 is 0 Å². The standard InChI is InChI=1S/C33H31N5O4/c1-22(2)24-12-14-25(15-13-24)32(33(40)34-26-16-17-29-30(18-26)42-21-41-29)37(19-23-8-4-3-5-9-23)31(39)20-38-28-11-7-6-10-27(28)35-36-38/h3-18,22,32H,19-21H2,1-2H3,(H,34,40)/t32-/m1/s1. The molecule has 2 amide bonds. The van der Waals surface area contributed by atoms with Crippen LogP contribution in [0, 0.1) is 0 Å². The van der Waals surface area contributed by atoms with E-state index in [9.17, 15) is 9.59 Å². The van der Waals surface area contributed by atoms with Crippen molar-refractivity contribution in [2.45, 2.75) is 38.9 Å². The number of rotatable bonds is 9. The van der Waals surface area contributed by atoms with Crippen molar-refractivity contribution in [1.29, 1.82) is 0 Å². The van der Waals surface area contributed by atoms with Crippen molar-refractivity contribution >= 4 is 28.5 Å². The molecule has 0 unspecified atom stereocenters. The summed E-state index contributed by atoms with van der Waals surface area (Å²) in [5, 5.41) is 11.4. The van der Waals surface area contributed by atoms with E-state index in [1.807, 2.05) is 78.9 Å². The summed E-state index contributed by atoms with van der Waals surface area (Å²) in [4.78, 5) is 30.0. The van der Waals surface area contributed by atoms with E-state index < -0.39 is 6.04 Å². The molecule has 1 aliphatic heterocycles. The fourth-order valence-electron chi connectivity index (χ4n) is 5.08. The number of hydrogen-bond donors (Lipinski definition) is 1. The van der Waals surface area contributed by atoms with Crippen LogP contribution in [0.1, 0.15) is 42.5 Å². The molecular formula is C33H31N5O4. The summed E-state index contributed by atoms with van der Waals surface area (Å²) in [6, 6.07) is 29.3. The molecule has 42 heavy (non-hydrogen) atoms. The van der Waals surface area contributed by atoms with Gasteiger partial charge in [-0.1, -0.05) is 85.8 Å². The molecule has 6 rings (SSSR count). The first-order valence-corrected chi connectivity index (χ1v) is 13.9. The van der Waals surface area contributed by atoms with Crippen LogP contribution in [-0.4, -0.2) is 38.5 Å². The summed E-state index contributed by atoms with van der Waals surface area (Å²) in [6.07, 6.45) is 0. The van der Waals surface area contributed by atoms with Gasteiger partial charge in [0.1, 0.15) is 18.1 Å². The monoisotopic (exact) mass is 561 g/mol. The van der Waals surface area contributed by atoms with Crippen LogP contribution in [-0.2, 0) is 22.7 Å². The SMILES string of the molecule is CC(C)c1ccc([C@H](C(=O)Nc2ccc3c(c2)OCO3)N(Cc2ccccc2)C(=O)Cn2nnc3ccccc32)cc1. The van der Waals surface area contributed by atoms with Gasteiger partial charge in [0.25, 0.3) is 5.91 Å². The maximum atomic E-state index is 14.2. The number of ether oxygens (including phenoxy) is 2. The van der Waals surface area contributed by atoms with E-state index in [0.29, 0.717) is 34.2 Å². The lowest BCUT2D eigenvalue weighted by Gasteiger charge is -2.32. The third-order valence-electron chi connectivity index (χ3n) is 7.34. The molecule has 9 nitrogen and oxygen atoms in total. The van der Waals surface area contributed by atoms with Crippen molar-refractivity contribution < 1.29 is 19.1 Å². The van der Waals surface area contributed by atoms with Crippen LogP contribution in [0.25, 0.3) is 11.0 Å². The minimum atomic E-state index is -0.931. The van der Waals surface area contributed by atoms with Gasteiger partial charge in [-0.3, -0.25) is 9.59 Å². The Morgan fingerprint density at radius 3 is 2.38 bits per heavy atom. The summed E-state index contributed by atoms with van der Waals surface area (Å²) < 4.78 is 12.5. The minimum absolute atomic E-state index is 0.0781. The lowest BCUT2D eigenvalue weighted by molar-refractivity contribution is -0.140. The summed E-state index contributed by atoms with van der Waals surface area (Å²) in [5.41, 5.74) is 4.72. The number of amides is 2. The number of carbonyl (C=O) groups is 2. The lowest BCUT2D eigenvalue weighted by atomic mass is 9.97. The third kappa shape index (κ3) is 5.67. The van der Waals surface area contributed by atoms with Gasteiger partial charge in [-0.05, 0) is 46.9 Å². The molecule has 1 aromatic heterocycles. The van der Waals surface area contributed by atoms with Crippen molar-refractivity contribution in [3.63, 3.8) is 0 Å². The topological polar surface area (TPSA) is 98.6 Å². The van der Waals surface area contributed by atoms with Crippen LogP contribution in [0.4, 0.5) is 5.69 Å². The second-order valence-corrected chi connectivity index (χ2v) is 10.5. The smallest absolute Gasteiger partial charge is 0.251 e. The van der Waals surface area contributed by atoms with E-state index in [0.717, 1.165) is 16.6 Å². The highest BCUT2D eigenvalue weighted by Crippen LogP contribution is 2.35. The van der Waals surface area contributed by atoms with Crippen molar-refractivity contribution in [2.75, 3.05) is 12.1 Å². The summed E-state index contributed by atoms with van der Waals surface area (Å²) in [5.74, 6) is 0.880. The van der Waals surface area contributed by atoms with Crippen LogP contribution < -0.4 is 14.8 Å². The number of para-hydroxylation sites is 1. The first kappa shape index (κ1) is 27.0. The van der Waals surface area contributed by atoms with E-state index in [2.05, 4.69) is 29.5 Å². The van der Waals surface area contributed by atoms with Crippen LogP contribution in [0.15, 0.2) is 97.1 Å². The second kappa shape index (κ2) is 11.7. The van der Waals surface area contributed by atoms with E-state index in [1.54, 1.807) is 27.8 Å². The molecule has 0 spiro atoms. The fourth-order valence-corrected chi connectivity index (χ4v) is 5.08. The Balaban J connectivity index is 1.39. The Morgan fingerprint density at radius 1 is 0.881 bits per heavy atom. The number of anilines is 1. The maximum Gasteiger partial charge on any atom is 0.251 e. The molecule has 0 saturated carbocycles. The van der Waals surface area contributed by atoms with Crippen molar-refractivity contribution in [2.24, 2.45) is 0 Å². The maximum absolute atomic E-state index is 14.2. The van der Waals surface area contributed by atoms with Gasteiger partial charge in [0.2, 0.25) is 12.7 Å². The van der Waals surface area contributed by atoms with Gasteiger partial charge in [0.15, 0.2) is 11.5 Å². The van der Waals surface area contributed by atoms with Crippen LogP contribution in [0.2, 0.25) is 0 Å². The average molecular weight is 562 g/mol. The van der Waals surface area contributed by atoms with E-state index in [-0.39, 0.29) is 31.7 Å². The van der Waals surface area contributed by atoms with Crippen molar-refractivity contribution in [1.82, 2.24) is 19.9 Å². The summed E-state index contributed by atoms with van der Waals surface area (Å²) >= 11 is 0. The molecule has 0 radical (unpaired) electrons. The number of carbonyl (C=O) groups excluding carboxylic acids is 2. The third-order valence-corrected chi connectivity index (χ3v) is 7.34. The highest BCUT2D eigenvalue weighted by Gasteiger charge is 2.32. The molecule has 212 valence electrons. The quantitative estimate of drug-likeness (QED) is 0.248. The number of nitrogens with one attached hydrogen (secondary N) is 1. The highest BCUT2D eigenvalue weighted by atomic mass is 16.7. The molecule has 1 atom stereocenters. The van der Waals surface area contributed by atoms with E-state index in [1.165, 1.54) is 0 Å². The first-order chi connectivity index (χ1) is 20.5. The Hall–Kier alpha value is -5.18. The summed E-state index contributed by atoms with van der Waals surface area (Å²) in [7, 11) is 0. The molecule has 0 fully saturated rings. The highest BCUT2D eigenvalue weighted by molar-refractivity contribution is 5.98. The van der Waals surface area contributed by atoms with Gasteiger partial charge in [-0.2, -0.15) is 0 Å². The molecule has 1 aliphatic rings. The minimum Gasteiger partial charge on any atom is -0.454 e. The molecule has 2 heterocycles. The first-order valence-electron chi connectivity index (χ1n) is 13.9. The number of aromatic nitrogens is 3. The predicted octanol–water partition coefficient (Wildman–Crippen LogP) is 5.69. The van der Waals surface area contributed by atoms with Crippen molar-refractivity contribution in [3.8, 4) is 11.5 Å². The van der Waals surface area contributed by atoms with E-state index in [4.69, 9.17) is 9.47 Å². The van der Waals surface area contributed by atoms with Crippen molar-refractivity contribution in [3.05, 3.63) is 114 Å². The zero-order chi connectivity index (χ0) is 29.1. The molecule has 5 aromatic rings. The number of hydrogen-bond acceptors (Lipinski definition) is 6. The Kier molecular flexibility index (Phi) is 7.55. The van der Waals surface area contributed by atoms with Crippen LogP contribution in [0.3, 0.4) is 0 Å². The zero-order valence-electron chi connectivity index (χ0n) is 23.4. The number of fused-ring (bicyclic) bond motifs is 2. The molecule has 1 N–H and O–H groups in total. The number of nitrogens with zero attached hydrogens (tertiary/aromatic N) is 4. The van der Waals surface area contributed by atoms with Crippen LogP contribution in [0.5, 0.6) is 11.5 Å². The van der Waals surface area contributed by atoms with Gasteiger partial charge in [-0.15, -0.1) is 5.10 Å². The van der Waals surface area contributed by atoms with Gasteiger partial charge in [0.05, 0.1) is 5.52 Å². The van der Waals surface area contributed by atoms with Gasteiger partial charge in [0, 0.05) is 18.3 Å². The zero-order valence-corrected chi connectivity index (χ0v) is 23.4. The molecular weight excluding hydrogens is 530 g/mol. The Morgan fingerprint density at radius 2 is 1.60 bits per heavy atom. The normalized spacial score (nSPS) is 12.8. The summed E-state index contributed by atoms with van der Waals surface area (Å²) in [6.45, 7) is 4.51. The van der Waals surface area contributed by atoms with Gasteiger partial charge >= 0.3 is 0 Å². The fraction of sp³-hybridized carbons (Fsp3) is 0.212.